The molecule has 0 aliphatic heterocycles. The maximum absolute atomic E-state index is 11.8. The van der Waals surface area contributed by atoms with E-state index in [1.807, 2.05) is 30.3 Å². The first-order valence-corrected chi connectivity index (χ1v) is 6.27. The van der Waals surface area contributed by atoms with E-state index in [1.165, 1.54) is 11.8 Å². The zero-order valence-electron chi connectivity index (χ0n) is 9.35. The Morgan fingerprint density at radius 3 is 2.72 bits per heavy atom. The van der Waals surface area contributed by atoms with Gasteiger partial charge in [-0.2, -0.15) is 8.78 Å². The Kier molecular flexibility index (Phi) is 4.46. The number of benzene rings is 1. The molecule has 0 saturated heterocycles. The third kappa shape index (κ3) is 3.66. The van der Waals surface area contributed by atoms with E-state index >= 15 is 0 Å². The average molecular weight is 268 g/mol. The lowest BCUT2D eigenvalue weighted by molar-refractivity contribution is 0.418. The molecule has 0 unspecified atom stereocenters. The standard InChI is InChI=1S/C12H10F2N2OS/c13-10(14)7-4-8-18-12-16-15-11(17-12)9-5-2-1-3-6-9/h1-3,5-7H,4,8H2. The fraction of sp³-hybridized carbons (Fsp3) is 0.167. The van der Waals surface area contributed by atoms with E-state index in [4.69, 9.17) is 4.42 Å². The molecule has 0 atom stereocenters. The zero-order valence-corrected chi connectivity index (χ0v) is 10.2. The molecule has 0 aliphatic rings. The molecule has 1 heterocycles. The Labute approximate surface area is 107 Å². The molecule has 18 heavy (non-hydrogen) atoms. The Bertz CT molecular complexity index is 524. The molecule has 0 amide bonds. The van der Waals surface area contributed by atoms with Gasteiger partial charge in [0.15, 0.2) is 0 Å². The first-order chi connectivity index (χ1) is 8.75. The lowest BCUT2D eigenvalue weighted by Gasteiger charge is -1.93. The van der Waals surface area contributed by atoms with E-state index in [0.717, 1.165) is 11.6 Å². The Hall–Kier alpha value is -1.69. The summed E-state index contributed by atoms with van der Waals surface area (Å²) in [5.74, 6) is 0.915. The molecule has 6 heteroatoms. The van der Waals surface area contributed by atoms with Crippen LogP contribution in [0, 0.1) is 0 Å². The summed E-state index contributed by atoms with van der Waals surface area (Å²) >= 11 is 1.26. The minimum absolute atomic E-state index is 0.274. The van der Waals surface area contributed by atoms with Crippen molar-refractivity contribution in [1.29, 1.82) is 0 Å². The third-order valence-electron chi connectivity index (χ3n) is 2.07. The number of nitrogens with zero attached hydrogens (tertiary/aromatic N) is 2. The van der Waals surface area contributed by atoms with Gasteiger partial charge in [0.1, 0.15) is 0 Å². The van der Waals surface area contributed by atoms with Crippen LogP contribution >= 0.6 is 11.8 Å². The smallest absolute Gasteiger partial charge is 0.276 e. The van der Waals surface area contributed by atoms with Crippen LogP contribution in [0.2, 0.25) is 0 Å². The largest absolute Gasteiger partial charge is 0.411 e. The first kappa shape index (κ1) is 12.8. The van der Waals surface area contributed by atoms with E-state index in [1.54, 1.807) is 0 Å². The van der Waals surface area contributed by atoms with Crippen LogP contribution in [0.15, 0.2) is 52.1 Å². The van der Waals surface area contributed by atoms with E-state index in [2.05, 4.69) is 10.2 Å². The molecule has 0 N–H and O–H groups in total. The van der Waals surface area contributed by atoms with Gasteiger partial charge >= 0.3 is 0 Å². The van der Waals surface area contributed by atoms with Crippen LogP contribution in [0.1, 0.15) is 6.42 Å². The summed E-state index contributed by atoms with van der Waals surface area (Å²) in [5, 5.41) is 8.14. The number of allylic oxidation sites excluding steroid dienone is 1. The average Bonchev–Trinajstić information content (AvgIpc) is 2.84. The maximum atomic E-state index is 11.8. The van der Waals surface area contributed by atoms with Crippen molar-refractivity contribution >= 4 is 11.8 Å². The highest BCUT2D eigenvalue weighted by Gasteiger charge is 2.07. The Balaban J connectivity index is 1.93. The molecule has 0 radical (unpaired) electrons. The molecule has 1 aromatic carbocycles. The quantitative estimate of drug-likeness (QED) is 0.607. The number of aromatic nitrogens is 2. The lowest BCUT2D eigenvalue weighted by Crippen LogP contribution is -1.77. The van der Waals surface area contributed by atoms with Crippen LogP contribution in [0.3, 0.4) is 0 Å². The summed E-state index contributed by atoms with van der Waals surface area (Å²) in [5.41, 5.74) is 0.839. The molecule has 0 saturated carbocycles. The molecule has 94 valence electrons. The number of hydrogen-bond donors (Lipinski definition) is 0. The Morgan fingerprint density at radius 1 is 1.22 bits per heavy atom. The molecular weight excluding hydrogens is 258 g/mol. The fourth-order valence-corrected chi connectivity index (χ4v) is 1.93. The highest BCUT2D eigenvalue weighted by molar-refractivity contribution is 7.99. The molecule has 0 bridgehead atoms. The second-order valence-corrected chi connectivity index (χ2v) is 4.42. The van der Waals surface area contributed by atoms with Crippen LogP contribution in [0.5, 0.6) is 0 Å². The Morgan fingerprint density at radius 2 is 2.00 bits per heavy atom. The van der Waals surface area contributed by atoms with E-state index in [0.29, 0.717) is 16.9 Å². The van der Waals surface area contributed by atoms with Crippen molar-refractivity contribution in [2.75, 3.05) is 5.75 Å². The summed E-state index contributed by atoms with van der Waals surface area (Å²) in [6.07, 6.45) is -0.511. The zero-order chi connectivity index (χ0) is 12.8. The van der Waals surface area contributed by atoms with Crippen molar-refractivity contribution in [2.24, 2.45) is 0 Å². The van der Waals surface area contributed by atoms with Crippen LogP contribution in [-0.2, 0) is 0 Å². The molecule has 0 fully saturated rings. The van der Waals surface area contributed by atoms with Crippen LogP contribution in [0.4, 0.5) is 8.78 Å². The fourth-order valence-electron chi connectivity index (χ4n) is 1.28. The van der Waals surface area contributed by atoms with Crippen LogP contribution in [-0.4, -0.2) is 16.0 Å². The van der Waals surface area contributed by atoms with E-state index in [-0.39, 0.29) is 6.42 Å². The second kappa shape index (κ2) is 6.30. The molecule has 3 nitrogen and oxygen atoms in total. The van der Waals surface area contributed by atoms with Crippen molar-refractivity contribution in [2.45, 2.75) is 11.6 Å². The van der Waals surface area contributed by atoms with Gasteiger partial charge in [0, 0.05) is 11.3 Å². The predicted octanol–water partition coefficient (Wildman–Crippen LogP) is 4.00. The topological polar surface area (TPSA) is 38.9 Å². The first-order valence-electron chi connectivity index (χ1n) is 5.28. The molecular formula is C12H10F2N2OS. The number of rotatable bonds is 5. The summed E-state index contributed by atoms with van der Waals surface area (Å²) < 4.78 is 29.0. The van der Waals surface area contributed by atoms with Crippen LogP contribution < -0.4 is 0 Å². The van der Waals surface area contributed by atoms with Gasteiger partial charge < -0.3 is 4.42 Å². The van der Waals surface area contributed by atoms with Crippen molar-refractivity contribution < 1.29 is 13.2 Å². The van der Waals surface area contributed by atoms with Crippen molar-refractivity contribution in [1.82, 2.24) is 10.2 Å². The third-order valence-corrected chi connectivity index (χ3v) is 2.92. The van der Waals surface area contributed by atoms with Gasteiger partial charge in [-0.3, -0.25) is 0 Å². The van der Waals surface area contributed by atoms with Gasteiger partial charge in [-0.25, -0.2) is 0 Å². The maximum Gasteiger partial charge on any atom is 0.276 e. The van der Waals surface area contributed by atoms with Gasteiger partial charge in [-0.05, 0) is 24.6 Å². The minimum atomic E-state index is -1.66. The summed E-state index contributed by atoms with van der Waals surface area (Å²) in [7, 11) is 0. The summed E-state index contributed by atoms with van der Waals surface area (Å²) in [6, 6.07) is 9.38. The summed E-state index contributed by atoms with van der Waals surface area (Å²) in [6.45, 7) is 0. The molecule has 2 rings (SSSR count). The van der Waals surface area contributed by atoms with Crippen molar-refractivity contribution in [3.05, 3.63) is 42.5 Å². The van der Waals surface area contributed by atoms with Gasteiger partial charge in [-0.15, -0.1) is 10.2 Å². The highest BCUT2D eigenvalue weighted by Crippen LogP contribution is 2.23. The number of halogens is 2. The summed E-state index contributed by atoms with van der Waals surface area (Å²) in [4.78, 5) is 0. The van der Waals surface area contributed by atoms with Gasteiger partial charge in [0.25, 0.3) is 11.3 Å². The highest BCUT2D eigenvalue weighted by atomic mass is 32.2. The number of thioether (sulfide) groups is 1. The molecule has 0 aliphatic carbocycles. The number of hydrogen-bond acceptors (Lipinski definition) is 4. The van der Waals surface area contributed by atoms with Gasteiger partial charge in [-0.1, -0.05) is 30.0 Å². The molecule has 2 aromatic rings. The van der Waals surface area contributed by atoms with E-state index < -0.39 is 6.08 Å². The van der Waals surface area contributed by atoms with Gasteiger partial charge in [0.05, 0.1) is 0 Å². The van der Waals surface area contributed by atoms with Gasteiger partial charge in [0.2, 0.25) is 5.89 Å². The minimum Gasteiger partial charge on any atom is -0.411 e. The second-order valence-electron chi connectivity index (χ2n) is 3.37. The van der Waals surface area contributed by atoms with Crippen molar-refractivity contribution in [3.63, 3.8) is 0 Å². The normalized spacial score (nSPS) is 10.3. The monoisotopic (exact) mass is 268 g/mol. The van der Waals surface area contributed by atoms with E-state index in [9.17, 15) is 8.78 Å². The SMILES string of the molecule is FC(F)=CCCSc1nnc(-c2ccccc2)o1. The van der Waals surface area contributed by atoms with Crippen LogP contribution in [0.25, 0.3) is 11.5 Å². The lowest BCUT2D eigenvalue weighted by atomic mass is 10.2. The molecule has 0 spiro atoms. The molecule has 1 aromatic heterocycles. The van der Waals surface area contributed by atoms with Crippen molar-refractivity contribution in [3.8, 4) is 11.5 Å². The predicted molar refractivity (Wildman–Crippen MR) is 65.4 cm³/mol.